The molecule has 8 nitrogen and oxygen atoms in total. The van der Waals surface area contributed by atoms with Gasteiger partial charge in [0, 0.05) is 19.6 Å². The van der Waals surface area contributed by atoms with Gasteiger partial charge in [0.15, 0.2) is 6.61 Å². The van der Waals surface area contributed by atoms with Crippen molar-refractivity contribution in [2.75, 3.05) is 32.8 Å². The van der Waals surface area contributed by atoms with Gasteiger partial charge in [0.25, 0.3) is 5.91 Å². The van der Waals surface area contributed by atoms with Crippen molar-refractivity contribution < 1.29 is 27.5 Å². The first kappa shape index (κ1) is 23.2. The van der Waals surface area contributed by atoms with Crippen molar-refractivity contribution in [1.82, 2.24) is 9.62 Å². The summed E-state index contributed by atoms with van der Waals surface area (Å²) in [5, 5.41) is 0. The van der Waals surface area contributed by atoms with Gasteiger partial charge >= 0.3 is 5.97 Å². The van der Waals surface area contributed by atoms with E-state index in [-0.39, 0.29) is 30.4 Å². The number of hydrogen-bond donors (Lipinski definition) is 1. The molecule has 1 aliphatic rings. The van der Waals surface area contributed by atoms with E-state index in [9.17, 15) is 18.0 Å². The van der Waals surface area contributed by atoms with Crippen LogP contribution in [0.15, 0.2) is 29.2 Å². The third-order valence-electron chi connectivity index (χ3n) is 4.64. The number of esters is 1. The summed E-state index contributed by atoms with van der Waals surface area (Å²) in [7, 11) is -3.74. The van der Waals surface area contributed by atoms with Crippen LogP contribution in [0.2, 0.25) is 0 Å². The molecule has 2 unspecified atom stereocenters. The molecule has 162 valence electrons. The van der Waals surface area contributed by atoms with Gasteiger partial charge in [-0.05, 0) is 49.4 Å². The molecule has 0 saturated carbocycles. The molecule has 9 heteroatoms. The van der Waals surface area contributed by atoms with Gasteiger partial charge in [0.2, 0.25) is 10.0 Å². The Kier molecular flexibility index (Phi) is 8.45. The Bertz CT molecular complexity index is 784. The molecule has 0 spiro atoms. The van der Waals surface area contributed by atoms with E-state index in [0.29, 0.717) is 37.3 Å². The largest absolute Gasteiger partial charge is 0.494 e. The van der Waals surface area contributed by atoms with Crippen molar-refractivity contribution in [3.63, 3.8) is 0 Å². The molecule has 2 rings (SSSR count). The molecule has 0 radical (unpaired) electrons. The van der Waals surface area contributed by atoms with Crippen LogP contribution in [0.4, 0.5) is 0 Å². The molecule has 2 atom stereocenters. The molecule has 1 aromatic rings. The Morgan fingerprint density at radius 1 is 1.14 bits per heavy atom. The molecule has 1 amide bonds. The lowest BCUT2D eigenvalue weighted by Crippen LogP contribution is -2.44. The monoisotopic (exact) mass is 426 g/mol. The number of hydrogen-bond acceptors (Lipinski definition) is 6. The van der Waals surface area contributed by atoms with E-state index in [4.69, 9.17) is 9.47 Å². The van der Waals surface area contributed by atoms with Crippen molar-refractivity contribution >= 4 is 21.9 Å². The van der Waals surface area contributed by atoms with Crippen LogP contribution in [0.5, 0.6) is 5.75 Å². The summed E-state index contributed by atoms with van der Waals surface area (Å²) in [5.74, 6) is 0.598. The third-order valence-corrected chi connectivity index (χ3v) is 6.12. The summed E-state index contributed by atoms with van der Waals surface area (Å²) in [5.41, 5.74) is 0. The first-order chi connectivity index (χ1) is 13.7. The van der Waals surface area contributed by atoms with Gasteiger partial charge in [-0.25, -0.2) is 13.1 Å². The fraction of sp³-hybridized carbons (Fsp3) is 0.600. The highest BCUT2D eigenvalue weighted by atomic mass is 32.2. The lowest BCUT2D eigenvalue weighted by Gasteiger charge is -2.34. The van der Waals surface area contributed by atoms with E-state index in [1.54, 1.807) is 17.0 Å². The van der Waals surface area contributed by atoms with E-state index in [2.05, 4.69) is 18.6 Å². The van der Waals surface area contributed by atoms with Gasteiger partial charge in [-0.2, -0.15) is 0 Å². The summed E-state index contributed by atoms with van der Waals surface area (Å²) >= 11 is 0. The number of amides is 1. The van der Waals surface area contributed by atoms with Crippen molar-refractivity contribution in [3.05, 3.63) is 24.3 Å². The number of rotatable bonds is 9. The van der Waals surface area contributed by atoms with Gasteiger partial charge in [0.05, 0.1) is 17.9 Å². The first-order valence-electron chi connectivity index (χ1n) is 9.87. The van der Waals surface area contributed by atoms with Crippen LogP contribution in [0, 0.1) is 11.8 Å². The second kappa shape index (κ2) is 10.6. The van der Waals surface area contributed by atoms with E-state index < -0.39 is 16.0 Å². The Balaban J connectivity index is 1.73. The van der Waals surface area contributed by atoms with Gasteiger partial charge in [0.1, 0.15) is 5.75 Å². The first-order valence-corrected chi connectivity index (χ1v) is 11.4. The van der Waals surface area contributed by atoms with E-state index in [0.717, 1.165) is 6.42 Å². The predicted octanol–water partition coefficient (Wildman–Crippen LogP) is 1.80. The fourth-order valence-corrected chi connectivity index (χ4v) is 4.46. The van der Waals surface area contributed by atoms with Crippen LogP contribution in [-0.4, -0.2) is 58.0 Å². The minimum absolute atomic E-state index is 0.0813. The number of nitrogens with one attached hydrogen (secondary N) is 1. The minimum atomic E-state index is -3.74. The molecular formula is C20H30N2O6S. The Morgan fingerprint density at radius 2 is 1.76 bits per heavy atom. The van der Waals surface area contributed by atoms with Gasteiger partial charge < -0.3 is 14.4 Å². The van der Waals surface area contributed by atoms with Crippen LogP contribution in [0.25, 0.3) is 0 Å². The molecule has 1 aliphatic heterocycles. The topological polar surface area (TPSA) is 102 Å². The SMILES string of the molecule is CCOc1ccc(S(=O)(=O)NCCC(=O)OCC(=O)N2CC(C)CC(C)C2)cc1. The quantitative estimate of drug-likeness (QED) is 0.604. The number of likely N-dealkylation sites (tertiary alicyclic amines) is 1. The zero-order chi connectivity index (χ0) is 21.4. The summed E-state index contributed by atoms with van der Waals surface area (Å²) in [6.07, 6.45) is 0.925. The third kappa shape index (κ3) is 7.32. The smallest absolute Gasteiger partial charge is 0.307 e. The molecule has 1 aromatic carbocycles. The second-order valence-corrected chi connectivity index (χ2v) is 9.22. The molecule has 0 aromatic heterocycles. The van der Waals surface area contributed by atoms with Crippen molar-refractivity contribution in [1.29, 1.82) is 0 Å². The molecule has 1 saturated heterocycles. The fourth-order valence-electron chi connectivity index (χ4n) is 3.42. The molecule has 1 N–H and O–H groups in total. The van der Waals surface area contributed by atoms with Crippen LogP contribution in [0.3, 0.4) is 0 Å². The van der Waals surface area contributed by atoms with Crippen molar-refractivity contribution in [2.45, 2.75) is 38.5 Å². The Morgan fingerprint density at radius 3 is 2.34 bits per heavy atom. The van der Waals surface area contributed by atoms with Gasteiger partial charge in [-0.3, -0.25) is 9.59 Å². The molecule has 1 fully saturated rings. The second-order valence-electron chi connectivity index (χ2n) is 7.46. The average Bonchev–Trinajstić information content (AvgIpc) is 2.66. The Labute approximate surface area is 172 Å². The van der Waals surface area contributed by atoms with Crippen LogP contribution >= 0.6 is 0 Å². The Hall–Kier alpha value is -2.13. The lowest BCUT2D eigenvalue weighted by atomic mass is 9.92. The zero-order valence-corrected chi connectivity index (χ0v) is 18.0. The van der Waals surface area contributed by atoms with Crippen LogP contribution < -0.4 is 9.46 Å². The molecule has 1 heterocycles. The highest BCUT2D eigenvalue weighted by Gasteiger charge is 2.26. The van der Waals surface area contributed by atoms with Gasteiger partial charge in [-0.1, -0.05) is 13.8 Å². The maximum Gasteiger partial charge on any atom is 0.307 e. The lowest BCUT2D eigenvalue weighted by molar-refractivity contribution is -0.153. The molecular weight excluding hydrogens is 396 g/mol. The van der Waals surface area contributed by atoms with E-state index in [1.165, 1.54) is 12.1 Å². The summed E-state index contributed by atoms with van der Waals surface area (Å²) in [4.78, 5) is 25.9. The summed E-state index contributed by atoms with van der Waals surface area (Å²) < 4.78 is 37.1. The number of sulfonamides is 1. The van der Waals surface area contributed by atoms with Crippen molar-refractivity contribution in [3.8, 4) is 5.75 Å². The number of carbonyl (C=O) groups excluding carboxylic acids is 2. The number of nitrogens with zero attached hydrogens (tertiary/aromatic N) is 1. The van der Waals surface area contributed by atoms with E-state index in [1.807, 2.05) is 6.92 Å². The maximum absolute atomic E-state index is 12.3. The average molecular weight is 427 g/mol. The van der Waals surface area contributed by atoms with Crippen molar-refractivity contribution in [2.24, 2.45) is 11.8 Å². The number of ether oxygens (including phenoxy) is 2. The highest BCUT2D eigenvalue weighted by molar-refractivity contribution is 7.89. The normalized spacial score (nSPS) is 19.6. The summed E-state index contributed by atoms with van der Waals surface area (Å²) in [6.45, 7) is 7.43. The highest BCUT2D eigenvalue weighted by Crippen LogP contribution is 2.21. The van der Waals surface area contributed by atoms with E-state index >= 15 is 0 Å². The predicted molar refractivity (Wildman–Crippen MR) is 108 cm³/mol. The number of piperidine rings is 1. The standard InChI is InChI=1S/C20H30N2O6S/c1-4-27-17-5-7-18(8-6-17)29(25,26)21-10-9-20(24)28-14-19(23)22-12-15(2)11-16(3)13-22/h5-8,15-16,21H,4,9-14H2,1-3H3. The van der Waals surface area contributed by atoms with Crippen LogP contribution in [0.1, 0.15) is 33.6 Å². The maximum atomic E-state index is 12.3. The zero-order valence-electron chi connectivity index (χ0n) is 17.2. The molecule has 0 bridgehead atoms. The minimum Gasteiger partial charge on any atom is -0.494 e. The number of benzene rings is 1. The molecule has 0 aliphatic carbocycles. The number of carbonyl (C=O) groups is 2. The molecule has 29 heavy (non-hydrogen) atoms. The van der Waals surface area contributed by atoms with Gasteiger partial charge in [-0.15, -0.1) is 0 Å². The van der Waals surface area contributed by atoms with Crippen LogP contribution in [-0.2, 0) is 24.3 Å². The summed E-state index contributed by atoms with van der Waals surface area (Å²) in [6, 6.07) is 6.01.